The number of carbonyl (C=O) groups excluding carboxylic acids is 1. The zero-order chi connectivity index (χ0) is 22.8. The van der Waals surface area contributed by atoms with Crippen LogP contribution >= 0.6 is 0 Å². The largest absolute Gasteiger partial charge is 0.346 e. The number of rotatable bonds is 6. The first-order chi connectivity index (χ1) is 14.6. The Morgan fingerprint density at radius 1 is 0.871 bits per heavy atom. The summed E-state index contributed by atoms with van der Waals surface area (Å²) in [5.41, 5.74) is 4.79. The Morgan fingerprint density at radius 2 is 1.42 bits per heavy atom. The number of sulfonamides is 1. The number of nitrogens with zero attached hydrogens (tertiary/aromatic N) is 1. The molecule has 0 bridgehead atoms. The van der Waals surface area contributed by atoms with Gasteiger partial charge in [0.15, 0.2) is 0 Å². The molecule has 6 heteroatoms. The Labute approximate surface area is 184 Å². The molecule has 0 aliphatic carbocycles. The molecule has 0 unspecified atom stereocenters. The molecule has 0 saturated carbocycles. The van der Waals surface area contributed by atoms with Gasteiger partial charge in [-0.2, -0.15) is 0 Å². The summed E-state index contributed by atoms with van der Waals surface area (Å²) in [7, 11) is -2.23. The topological polar surface area (TPSA) is 66.5 Å². The van der Waals surface area contributed by atoms with Gasteiger partial charge in [-0.25, -0.2) is 8.42 Å². The molecule has 0 saturated heterocycles. The number of hydrogen-bond donors (Lipinski definition) is 1. The predicted molar refractivity (Wildman–Crippen MR) is 125 cm³/mol. The maximum absolute atomic E-state index is 13.1. The number of aryl methyl sites for hydroxylation is 3. The van der Waals surface area contributed by atoms with E-state index in [4.69, 9.17) is 0 Å². The highest BCUT2D eigenvalue weighted by Crippen LogP contribution is 2.27. The normalized spacial score (nSPS) is 12.3. The van der Waals surface area contributed by atoms with Crippen LogP contribution in [0.25, 0.3) is 0 Å². The first-order valence-electron chi connectivity index (χ1n) is 10.1. The van der Waals surface area contributed by atoms with Crippen LogP contribution in [0, 0.1) is 20.8 Å². The van der Waals surface area contributed by atoms with Crippen LogP contribution in [0.1, 0.15) is 45.6 Å². The van der Waals surface area contributed by atoms with Crippen LogP contribution in [0.3, 0.4) is 0 Å². The van der Waals surface area contributed by atoms with Crippen LogP contribution in [0.4, 0.5) is 5.69 Å². The van der Waals surface area contributed by atoms with Crippen molar-refractivity contribution < 1.29 is 13.2 Å². The lowest BCUT2D eigenvalue weighted by Gasteiger charge is -2.22. The fourth-order valence-electron chi connectivity index (χ4n) is 3.31. The third-order valence-corrected chi connectivity index (χ3v) is 7.20. The lowest BCUT2D eigenvalue weighted by atomic mass is 10.1. The third kappa shape index (κ3) is 4.97. The van der Waals surface area contributed by atoms with Crippen molar-refractivity contribution in [3.05, 3.63) is 94.5 Å². The lowest BCUT2D eigenvalue weighted by Crippen LogP contribution is -2.29. The summed E-state index contributed by atoms with van der Waals surface area (Å²) in [4.78, 5) is 13.1. The lowest BCUT2D eigenvalue weighted by molar-refractivity contribution is 0.0940. The molecular weight excluding hydrogens is 408 g/mol. The number of carbonyl (C=O) groups is 1. The van der Waals surface area contributed by atoms with E-state index in [0.717, 1.165) is 22.3 Å². The standard InChI is InChI=1S/C25H28N2O3S/c1-17-6-11-21(12-7-17)20(4)26-25(28)22-13-10-19(3)24(16-22)27(5)31(29,30)23-14-8-18(2)9-15-23/h6-16,20H,1-5H3,(H,26,28)/t20-/m0/s1. The number of benzene rings is 3. The molecule has 0 fully saturated rings. The van der Waals surface area contributed by atoms with Gasteiger partial charge in [-0.3, -0.25) is 9.10 Å². The highest BCUT2D eigenvalue weighted by Gasteiger charge is 2.23. The maximum atomic E-state index is 13.1. The molecule has 3 aromatic carbocycles. The van der Waals surface area contributed by atoms with E-state index in [-0.39, 0.29) is 16.8 Å². The zero-order valence-corrected chi connectivity index (χ0v) is 19.3. The average Bonchev–Trinajstić information content (AvgIpc) is 2.74. The second kappa shape index (κ2) is 8.94. The second-order valence-corrected chi connectivity index (χ2v) is 9.86. The summed E-state index contributed by atoms with van der Waals surface area (Å²) in [5, 5.41) is 2.99. The molecule has 0 radical (unpaired) electrons. The van der Waals surface area contributed by atoms with Gasteiger partial charge in [-0.1, -0.05) is 53.6 Å². The van der Waals surface area contributed by atoms with E-state index in [2.05, 4.69) is 5.32 Å². The minimum Gasteiger partial charge on any atom is -0.346 e. The molecule has 0 aliphatic heterocycles. The molecule has 5 nitrogen and oxygen atoms in total. The summed E-state index contributed by atoms with van der Waals surface area (Å²) < 4.78 is 27.4. The van der Waals surface area contributed by atoms with Crippen molar-refractivity contribution >= 4 is 21.6 Å². The molecular formula is C25H28N2O3S. The van der Waals surface area contributed by atoms with Crippen LogP contribution < -0.4 is 9.62 Å². The number of hydrogen-bond acceptors (Lipinski definition) is 3. The summed E-state index contributed by atoms with van der Waals surface area (Å²) in [5.74, 6) is -0.254. The van der Waals surface area contributed by atoms with Gasteiger partial charge >= 0.3 is 0 Å². The minimum absolute atomic E-state index is 0.174. The van der Waals surface area contributed by atoms with Crippen LogP contribution in [0.5, 0.6) is 0 Å². The highest BCUT2D eigenvalue weighted by molar-refractivity contribution is 7.92. The molecule has 0 aliphatic rings. The maximum Gasteiger partial charge on any atom is 0.264 e. The van der Waals surface area contributed by atoms with Gasteiger partial charge < -0.3 is 5.32 Å². The number of amides is 1. The van der Waals surface area contributed by atoms with E-state index < -0.39 is 10.0 Å². The van der Waals surface area contributed by atoms with E-state index in [0.29, 0.717) is 11.3 Å². The molecule has 3 aromatic rings. The Hall–Kier alpha value is -3.12. The van der Waals surface area contributed by atoms with E-state index in [1.165, 1.54) is 11.4 Å². The van der Waals surface area contributed by atoms with Crippen molar-refractivity contribution in [2.45, 2.75) is 38.6 Å². The second-order valence-electron chi connectivity index (χ2n) is 7.89. The predicted octanol–water partition coefficient (Wildman–Crippen LogP) is 4.93. The molecule has 162 valence electrons. The average molecular weight is 437 g/mol. The highest BCUT2D eigenvalue weighted by atomic mass is 32.2. The molecule has 1 amide bonds. The number of anilines is 1. The monoisotopic (exact) mass is 436 g/mol. The van der Waals surface area contributed by atoms with Crippen LogP contribution in [0.2, 0.25) is 0 Å². The summed E-state index contributed by atoms with van der Waals surface area (Å²) in [6, 6.07) is 19.6. The van der Waals surface area contributed by atoms with Gasteiger partial charge in [0.2, 0.25) is 0 Å². The van der Waals surface area contributed by atoms with E-state index in [1.54, 1.807) is 42.5 Å². The fraction of sp³-hybridized carbons (Fsp3) is 0.240. The van der Waals surface area contributed by atoms with Crippen molar-refractivity contribution in [2.75, 3.05) is 11.4 Å². The van der Waals surface area contributed by atoms with Gasteiger partial charge in [0.1, 0.15) is 0 Å². The van der Waals surface area contributed by atoms with E-state index in [9.17, 15) is 13.2 Å². The molecule has 1 atom stereocenters. The first kappa shape index (κ1) is 22.6. The van der Waals surface area contributed by atoms with Gasteiger partial charge in [0, 0.05) is 12.6 Å². The number of nitrogens with one attached hydrogen (secondary N) is 1. The van der Waals surface area contributed by atoms with Crippen LogP contribution in [-0.2, 0) is 10.0 Å². The summed E-state index contributed by atoms with van der Waals surface area (Å²) in [6.07, 6.45) is 0. The van der Waals surface area contributed by atoms with Crippen molar-refractivity contribution in [3.8, 4) is 0 Å². The summed E-state index contributed by atoms with van der Waals surface area (Å²) in [6.45, 7) is 7.67. The van der Waals surface area contributed by atoms with E-state index in [1.807, 2.05) is 52.0 Å². The van der Waals surface area contributed by atoms with Crippen molar-refractivity contribution in [3.63, 3.8) is 0 Å². The SMILES string of the molecule is Cc1ccc([C@H](C)NC(=O)c2ccc(C)c(N(C)S(=O)(=O)c3ccc(C)cc3)c2)cc1. The third-order valence-electron chi connectivity index (χ3n) is 5.41. The van der Waals surface area contributed by atoms with Crippen molar-refractivity contribution in [1.82, 2.24) is 5.32 Å². The smallest absolute Gasteiger partial charge is 0.264 e. The summed E-state index contributed by atoms with van der Waals surface area (Å²) >= 11 is 0. The van der Waals surface area contributed by atoms with Crippen LogP contribution in [0.15, 0.2) is 71.6 Å². The Morgan fingerprint density at radius 3 is 2.00 bits per heavy atom. The van der Waals surface area contributed by atoms with E-state index >= 15 is 0 Å². The van der Waals surface area contributed by atoms with Crippen molar-refractivity contribution in [1.29, 1.82) is 0 Å². The molecule has 0 aromatic heterocycles. The van der Waals surface area contributed by atoms with Gasteiger partial charge in [0.25, 0.3) is 15.9 Å². The Balaban J connectivity index is 1.86. The van der Waals surface area contributed by atoms with Crippen LogP contribution in [-0.4, -0.2) is 21.4 Å². The first-order valence-corrected chi connectivity index (χ1v) is 11.6. The van der Waals surface area contributed by atoms with Gasteiger partial charge in [0.05, 0.1) is 16.6 Å². The zero-order valence-electron chi connectivity index (χ0n) is 18.5. The quantitative estimate of drug-likeness (QED) is 0.596. The molecule has 1 N–H and O–H groups in total. The fourth-order valence-corrected chi connectivity index (χ4v) is 4.56. The molecule has 3 rings (SSSR count). The van der Waals surface area contributed by atoms with Gasteiger partial charge in [-0.05, 0) is 63.1 Å². The molecule has 0 spiro atoms. The molecule has 31 heavy (non-hydrogen) atoms. The Bertz CT molecular complexity index is 1180. The van der Waals surface area contributed by atoms with Crippen molar-refractivity contribution in [2.24, 2.45) is 0 Å². The minimum atomic E-state index is -3.74. The Kier molecular flexibility index (Phi) is 6.51. The van der Waals surface area contributed by atoms with Gasteiger partial charge in [-0.15, -0.1) is 0 Å². The molecule has 0 heterocycles.